The van der Waals surface area contributed by atoms with E-state index in [9.17, 15) is 14.6 Å². The molecular formula is C10H13FN2O2. The van der Waals surface area contributed by atoms with Crippen LogP contribution in [0.4, 0.5) is 15.8 Å². The van der Waals surface area contributed by atoms with Crippen LogP contribution in [-0.4, -0.2) is 35.5 Å². The van der Waals surface area contributed by atoms with Crippen molar-refractivity contribution in [1.82, 2.24) is 0 Å². The second-order valence-corrected chi connectivity index (χ2v) is 3.74. The molecular weight excluding hydrogens is 199 g/mol. The van der Waals surface area contributed by atoms with Crippen LogP contribution in [0.3, 0.4) is 0 Å². The number of benzene rings is 1. The molecule has 5 heteroatoms. The van der Waals surface area contributed by atoms with E-state index in [-0.39, 0.29) is 18.9 Å². The molecule has 0 saturated carbocycles. The molecule has 2 rings (SSSR count). The van der Waals surface area contributed by atoms with Gasteiger partial charge in [-0.3, -0.25) is 0 Å². The zero-order chi connectivity index (χ0) is 11.0. The summed E-state index contributed by atoms with van der Waals surface area (Å²) in [6, 6.07) is 4.06. The molecule has 1 aliphatic rings. The Morgan fingerprint density at radius 1 is 1.27 bits per heavy atom. The lowest BCUT2D eigenvalue weighted by molar-refractivity contribution is 0.0572. The number of hydrogen-bond acceptors (Lipinski definition) is 4. The number of β-amino-alcohol motifs (C(OH)–C–C–N with tert-alkyl or cyclic N) is 2. The highest BCUT2D eigenvalue weighted by Crippen LogP contribution is 2.27. The van der Waals surface area contributed by atoms with Crippen molar-refractivity contribution in [3.8, 4) is 0 Å². The number of rotatable bonds is 1. The van der Waals surface area contributed by atoms with Crippen LogP contribution in [0.25, 0.3) is 0 Å². The number of anilines is 2. The van der Waals surface area contributed by atoms with Gasteiger partial charge in [0.05, 0.1) is 23.6 Å². The van der Waals surface area contributed by atoms with Gasteiger partial charge in [0, 0.05) is 13.1 Å². The van der Waals surface area contributed by atoms with E-state index >= 15 is 0 Å². The van der Waals surface area contributed by atoms with Gasteiger partial charge >= 0.3 is 0 Å². The van der Waals surface area contributed by atoms with Crippen LogP contribution in [0, 0.1) is 5.82 Å². The van der Waals surface area contributed by atoms with Crippen LogP contribution >= 0.6 is 0 Å². The smallest absolute Gasteiger partial charge is 0.125 e. The van der Waals surface area contributed by atoms with Gasteiger partial charge in [-0.05, 0) is 18.2 Å². The van der Waals surface area contributed by atoms with Gasteiger partial charge in [-0.15, -0.1) is 0 Å². The van der Waals surface area contributed by atoms with Crippen LogP contribution in [-0.2, 0) is 0 Å². The van der Waals surface area contributed by atoms with Crippen molar-refractivity contribution in [3.05, 3.63) is 24.0 Å². The molecule has 4 N–H and O–H groups in total. The van der Waals surface area contributed by atoms with E-state index in [2.05, 4.69) is 0 Å². The molecule has 0 aliphatic carbocycles. The van der Waals surface area contributed by atoms with Gasteiger partial charge in [-0.1, -0.05) is 0 Å². The monoisotopic (exact) mass is 212 g/mol. The standard InChI is InChI=1S/C10H13FN2O2/c11-6-1-2-7(12)8(3-6)13-4-9(14)10(15)5-13/h1-3,9-10,14-15H,4-5,12H2. The highest BCUT2D eigenvalue weighted by atomic mass is 19.1. The highest BCUT2D eigenvalue weighted by Gasteiger charge is 2.30. The molecule has 2 unspecified atom stereocenters. The van der Waals surface area contributed by atoms with Gasteiger partial charge < -0.3 is 20.8 Å². The van der Waals surface area contributed by atoms with Crippen LogP contribution in [0.15, 0.2) is 18.2 Å². The average molecular weight is 212 g/mol. The quantitative estimate of drug-likeness (QED) is 0.571. The van der Waals surface area contributed by atoms with Crippen molar-refractivity contribution in [2.45, 2.75) is 12.2 Å². The second kappa shape index (κ2) is 3.67. The van der Waals surface area contributed by atoms with E-state index in [4.69, 9.17) is 5.73 Å². The number of aliphatic hydroxyl groups excluding tert-OH is 2. The minimum absolute atomic E-state index is 0.273. The molecule has 1 aliphatic heterocycles. The number of nitrogens with two attached hydrogens (primary N) is 1. The second-order valence-electron chi connectivity index (χ2n) is 3.74. The number of halogens is 1. The molecule has 0 aromatic heterocycles. The Kier molecular flexibility index (Phi) is 2.50. The third-order valence-electron chi connectivity index (χ3n) is 2.59. The zero-order valence-corrected chi connectivity index (χ0v) is 8.10. The van der Waals surface area contributed by atoms with Crippen molar-refractivity contribution in [2.24, 2.45) is 0 Å². The summed E-state index contributed by atoms with van der Waals surface area (Å²) < 4.78 is 13.0. The van der Waals surface area contributed by atoms with Crippen LogP contribution in [0.1, 0.15) is 0 Å². The van der Waals surface area contributed by atoms with Crippen LogP contribution in [0.5, 0.6) is 0 Å². The van der Waals surface area contributed by atoms with E-state index in [0.717, 1.165) is 0 Å². The molecule has 1 aromatic carbocycles. The summed E-state index contributed by atoms with van der Waals surface area (Å²) in [4.78, 5) is 1.67. The molecule has 0 spiro atoms. The molecule has 1 heterocycles. The lowest BCUT2D eigenvalue weighted by Gasteiger charge is -2.19. The summed E-state index contributed by atoms with van der Waals surface area (Å²) in [5.74, 6) is -0.380. The first kappa shape index (κ1) is 10.2. The highest BCUT2D eigenvalue weighted by molar-refractivity contribution is 5.68. The van der Waals surface area contributed by atoms with Crippen molar-refractivity contribution in [3.63, 3.8) is 0 Å². The zero-order valence-electron chi connectivity index (χ0n) is 8.10. The first-order valence-electron chi connectivity index (χ1n) is 4.74. The van der Waals surface area contributed by atoms with Crippen molar-refractivity contribution < 1.29 is 14.6 Å². The summed E-state index contributed by atoms with van der Waals surface area (Å²) in [6.07, 6.45) is -1.60. The van der Waals surface area contributed by atoms with E-state index in [1.165, 1.54) is 18.2 Å². The number of nitrogens with zero attached hydrogens (tertiary/aromatic N) is 1. The Bertz CT molecular complexity index is 362. The first-order chi connectivity index (χ1) is 7.08. The number of nitrogen functional groups attached to an aromatic ring is 1. The summed E-state index contributed by atoms with van der Waals surface area (Å²) in [5.41, 5.74) is 6.65. The van der Waals surface area contributed by atoms with Crippen LogP contribution < -0.4 is 10.6 Å². The minimum Gasteiger partial charge on any atom is -0.397 e. The fourth-order valence-electron chi connectivity index (χ4n) is 1.76. The first-order valence-corrected chi connectivity index (χ1v) is 4.74. The average Bonchev–Trinajstić information content (AvgIpc) is 2.51. The fourth-order valence-corrected chi connectivity index (χ4v) is 1.76. The number of aliphatic hydroxyl groups is 2. The fraction of sp³-hybridized carbons (Fsp3) is 0.400. The van der Waals surface area contributed by atoms with Crippen molar-refractivity contribution in [2.75, 3.05) is 23.7 Å². The third-order valence-corrected chi connectivity index (χ3v) is 2.59. The Labute approximate surface area is 86.7 Å². The SMILES string of the molecule is Nc1ccc(F)cc1N1CC(O)C(O)C1. The van der Waals surface area contributed by atoms with Gasteiger partial charge in [-0.2, -0.15) is 0 Å². The molecule has 0 bridgehead atoms. The molecule has 4 nitrogen and oxygen atoms in total. The minimum atomic E-state index is -0.798. The molecule has 2 atom stereocenters. The van der Waals surface area contributed by atoms with Crippen molar-refractivity contribution in [1.29, 1.82) is 0 Å². The summed E-state index contributed by atoms with van der Waals surface area (Å²) in [7, 11) is 0. The molecule has 82 valence electrons. The maximum absolute atomic E-state index is 13.0. The van der Waals surface area contributed by atoms with Gasteiger partial charge in [-0.25, -0.2) is 4.39 Å². The summed E-state index contributed by atoms with van der Waals surface area (Å²) in [5, 5.41) is 18.7. The normalized spacial score (nSPS) is 25.9. The van der Waals surface area contributed by atoms with Gasteiger partial charge in [0.1, 0.15) is 5.82 Å². The summed E-state index contributed by atoms with van der Waals surface area (Å²) in [6.45, 7) is 0.545. The van der Waals surface area contributed by atoms with E-state index in [1.54, 1.807) is 4.90 Å². The van der Waals surface area contributed by atoms with Crippen LogP contribution in [0.2, 0.25) is 0 Å². The van der Waals surface area contributed by atoms with E-state index in [0.29, 0.717) is 11.4 Å². The maximum atomic E-state index is 13.0. The predicted octanol–water partition coefficient (Wildman–Crippen LogP) is -0.0503. The number of hydrogen-bond donors (Lipinski definition) is 3. The van der Waals surface area contributed by atoms with E-state index < -0.39 is 12.2 Å². The van der Waals surface area contributed by atoms with E-state index in [1.807, 2.05) is 0 Å². The Morgan fingerprint density at radius 2 is 1.87 bits per heavy atom. The Hall–Kier alpha value is -1.33. The molecule has 1 fully saturated rings. The lowest BCUT2D eigenvalue weighted by atomic mass is 10.2. The predicted molar refractivity (Wildman–Crippen MR) is 55.0 cm³/mol. The van der Waals surface area contributed by atoms with Crippen molar-refractivity contribution >= 4 is 11.4 Å². The van der Waals surface area contributed by atoms with Gasteiger partial charge in [0.15, 0.2) is 0 Å². The topological polar surface area (TPSA) is 69.7 Å². The molecule has 0 radical (unpaired) electrons. The van der Waals surface area contributed by atoms with Gasteiger partial charge in [0.2, 0.25) is 0 Å². The molecule has 15 heavy (non-hydrogen) atoms. The third kappa shape index (κ3) is 1.88. The largest absolute Gasteiger partial charge is 0.397 e. The molecule has 1 saturated heterocycles. The Balaban J connectivity index is 2.27. The van der Waals surface area contributed by atoms with Gasteiger partial charge in [0.25, 0.3) is 0 Å². The lowest BCUT2D eigenvalue weighted by Crippen LogP contribution is -2.22. The molecule has 1 aromatic rings. The molecule has 0 amide bonds. The summed E-state index contributed by atoms with van der Waals surface area (Å²) >= 11 is 0. The maximum Gasteiger partial charge on any atom is 0.125 e. The Morgan fingerprint density at radius 3 is 2.47 bits per heavy atom.